The summed E-state index contributed by atoms with van der Waals surface area (Å²) in [5.41, 5.74) is 0.549. The van der Waals surface area contributed by atoms with Gasteiger partial charge in [-0.1, -0.05) is 0 Å². The summed E-state index contributed by atoms with van der Waals surface area (Å²) in [7, 11) is -4.08. The Balaban J connectivity index is 1.42. The molecular formula is C19H26N6O6S. The monoisotopic (exact) mass is 466 g/mol. The molecule has 0 aromatic carbocycles. The van der Waals surface area contributed by atoms with Crippen molar-refractivity contribution >= 4 is 21.9 Å². The zero-order chi connectivity index (χ0) is 22.7. The second-order valence-electron chi connectivity index (χ2n) is 8.18. The summed E-state index contributed by atoms with van der Waals surface area (Å²) >= 11 is 0. The van der Waals surface area contributed by atoms with E-state index in [1.807, 2.05) is 0 Å². The van der Waals surface area contributed by atoms with Gasteiger partial charge in [0.15, 0.2) is 0 Å². The molecule has 0 bridgehead atoms. The zero-order valence-electron chi connectivity index (χ0n) is 17.3. The average molecular weight is 467 g/mol. The molecule has 2 fully saturated rings. The van der Waals surface area contributed by atoms with Gasteiger partial charge in [0, 0.05) is 43.4 Å². The van der Waals surface area contributed by atoms with E-state index in [9.17, 15) is 18.3 Å². The number of hydrogen-bond acceptors (Lipinski definition) is 10. The predicted octanol–water partition coefficient (Wildman–Crippen LogP) is -0.288. The van der Waals surface area contributed by atoms with Gasteiger partial charge in [-0.05, 0) is 25.3 Å². The number of nitrogens with zero attached hydrogens (tertiary/aromatic N) is 4. The molecule has 2 aromatic heterocycles. The summed E-state index contributed by atoms with van der Waals surface area (Å²) in [6.45, 7) is 1.92. The predicted molar refractivity (Wildman–Crippen MR) is 112 cm³/mol. The topological polar surface area (TPSA) is 172 Å². The molecule has 4 N–H and O–H groups in total. The molecule has 0 spiro atoms. The molecule has 1 unspecified atom stereocenters. The molecule has 4 atom stereocenters. The van der Waals surface area contributed by atoms with Gasteiger partial charge in [-0.3, -0.25) is 13.7 Å². The van der Waals surface area contributed by atoms with E-state index >= 15 is 0 Å². The van der Waals surface area contributed by atoms with Crippen molar-refractivity contribution in [3.05, 3.63) is 36.0 Å². The Labute approximate surface area is 185 Å². The Hall–Kier alpha value is -2.45. The van der Waals surface area contributed by atoms with Crippen LogP contribution >= 0.6 is 0 Å². The van der Waals surface area contributed by atoms with Crippen LogP contribution < -0.4 is 10.5 Å². The van der Waals surface area contributed by atoms with Crippen molar-refractivity contribution in [3.8, 4) is 0 Å². The van der Waals surface area contributed by atoms with Gasteiger partial charge in [-0.15, -0.1) is 0 Å². The highest BCUT2D eigenvalue weighted by Gasteiger charge is 2.35. The summed E-state index contributed by atoms with van der Waals surface area (Å²) in [6.07, 6.45) is 5.48. The minimum absolute atomic E-state index is 0.211. The summed E-state index contributed by atoms with van der Waals surface area (Å²) in [5, 5.41) is 22.7. The van der Waals surface area contributed by atoms with Crippen LogP contribution in [0.15, 0.2) is 24.8 Å². The van der Waals surface area contributed by atoms with Crippen LogP contribution in [-0.2, 0) is 25.8 Å². The molecule has 4 rings (SSSR count). The minimum Gasteiger partial charge on any atom is -0.393 e. The maximum absolute atomic E-state index is 13.1. The van der Waals surface area contributed by atoms with E-state index in [1.165, 1.54) is 12.5 Å². The molecule has 12 nitrogen and oxygen atoms in total. The third-order valence-corrected chi connectivity index (χ3v) is 6.21. The number of ketones is 1. The molecule has 32 heavy (non-hydrogen) atoms. The number of aliphatic hydroxyl groups is 1. The number of hydrogen-bond donors (Lipinski definition) is 3. The van der Waals surface area contributed by atoms with Crippen LogP contribution in [0, 0.1) is 11.8 Å². The van der Waals surface area contributed by atoms with Crippen LogP contribution in [-0.4, -0.2) is 71.0 Å². The standard InChI is InChI=1S/C19H26N6O6S/c20-32(28,29)31-10-13-5-14(6-17(13)26)23-19-15(7-21-11-22-19)18(27)16-1-3-25(24-16)8-12-2-4-30-9-12/h1,3,7,11-14,17,26H,2,4-6,8-10H2,(H2,20,28,29)(H,21,22,23)/t12?,13-,14-,17+/m1/s1. The van der Waals surface area contributed by atoms with E-state index in [0.717, 1.165) is 13.0 Å². The Morgan fingerprint density at radius 1 is 1.41 bits per heavy atom. The minimum atomic E-state index is -4.08. The highest BCUT2D eigenvalue weighted by Crippen LogP contribution is 2.30. The van der Waals surface area contributed by atoms with Gasteiger partial charge < -0.3 is 15.2 Å². The molecule has 3 heterocycles. The normalized spacial score (nSPS) is 25.8. The van der Waals surface area contributed by atoms with Crippen molar-refractivity contribution in [2.24, 2.45) is 17.0 Å². The summed E-state index contributed by atoms with van der Waals surface area (Å²) in [6, 6.07) is 1.43. The van der Waals surface area contributed by atoms with E-state index < -0.39 is 22.3 Å². The first-order valence-corrected chi connectivity index (χ1v) is 11.8. The van der Waals surface area contributed by atoms with E-state index in [4.69, 9.17) is 9.88 Å². The Morgan fingerprint density at radius 2 is 2.25 bits per heavy atom. The van der Waals surface area contributed by atoms with Gasteiger partial charge in [0.05, 0.1) is 24.9 Å². The number of ether oxygens (including phenoxy) is 1. The number of carbonyl (C=O) groups excluding carboxylic acids is 1. The number of rotatable bonds is 9. The molecule has 1 saturated carbocycles. The van der Waals surface area contributed by atoms with Crippen LogP contribution in [0.1, 0.15) is 35.3 Å². The Kier molecular flexibility index (Phi) is 6.81. The van der Waals surface area contributed by atoms with Gasteiger partial charge >= 0.3 is 10.3 Å². The number of aliphatic hydroxyl groups excluding tert-OH is 1. The summed E-state index contributed by atoms with van der Waals surface area (Å²) in [4.78, 5) is 21.2. The second kappa shape index (κ2) is 9.58. The van der Waals surface area contributed by atoms with Crippen molar-refractivity contribution in [1.82, 2.24) is 19.7 Å². The van der Waals surface area contributed by atoms with Crippen LogP contribution in [0.2, 0.25) is 0 Å². The van der Waals surface area contributed by atoms with Crippen LogP contribution in [0.25, 0.3) is 0 Å². The molecule has 2 aromatic rings. The highest BCUT2D eigenvalue weighted by molar-refractivity contribution is 7.84. The van der Waals surface area contributed by atoms with Gasteiger partial charge in [-0.2, -0.15) is 13.5 Å². The number of anilines is 1. The van der Waals surface area contributed by atoms with Crippen molar-refractivity contribution < 1.29 is 27.2 Å². The van der Waals surface area contributed by atoms with Crippen LogP contribution in [0.3, 0.4) is 0 Å². The Morgan fingerprint density at radius 3 is 3.00 bits per heavy atom. The first kappa shape index (κ1) is 22.7. The quantitative estimate of drug-likeness (QED) is 0.417. The van der Waals surface area contributed by atoms with E-state index in [-0.39, 0.29) is 29.7 Å². The molecule has 1 aliphatic heterocycles. The number of aromatic nitrogens is 4. The SMILES string of the molecule is NS(=O)(=O)OC[C@H]1C[C@@H](Nc2ncncc2C(=O)c2ccn(CC3CCOC3)n2)C[C@@H]1O. The lowest BCUT2D eigenvalue weighted by Gasteiger charge is -2.15. The van der Waals surface area contributed by atoms with Crippen molar-refractivity contribution in [2.75, 3.05) is 25.1 Å². The molecule has 0 amide bonds. The lowest BCUT2D eigenvalue weighted by molar-refractivity contribution is 0.101. The fourth-order valence-corrected chi connectivity index (χ4v) is 4.46. The molecule has 174 valence electrons. The van der Waals surface area contributed by atoms with E-state index in [2.05, 4.69) is 24.6 Å². The molecule has 0 radical (unpaired) electrons. The van der Waals surface area contributed by atoms with E-state index in [1.54, 1.807) is 16.9 Å². The number of nitrogens with one attached hydrogen (secondary N) is 1. The van der Waals surface area contributed by atoms with Crippen molar-refractivity contribution in [1.29, 1.82) is 0 Å². The number of carbonyl (C=O) groups is 1. The number of nitrogens with two attached hydrogens (primary N) is 1. The molecule has 2 aliphatic rings. The van der Waals surface area contributed by atoms with Gasteiger partial charge in [0.1, 0.15) is 17.8 Å². The summed E-state index contributed by atoms with van der Waals surface area (Å²) in [5.74, 6) is -0.0201. The second-order valence-corrected chi connectivity index (χ2v) is 9.41. The molecule has 13 heteroatoms. The van der Waals surface area contributed by atoms with Crippen molar-refractivity contribution in [3.63, 3.8) is 0 Å². The third-order valence-electron chi connectivity index (χ3n) is 5.74. The average Bonchev–Trinajstić information content (AvgIpc) is 3.48. The fraction of sp³-hybridized carbons (Fsp3) is 0.579. The zero-order valence-corrected chi connectivity index (χ0v) is 18.1. The smallest absolute Gasteiger partial charge is 0.333 e. The molecule has 1 aliphatic carbocycles. The van der Waals surface area contributed by atoms with Gasteiger partial charge in [-0.25, -0.2) is 15.1 Å². The van der Waals surface area contributed by atoms with Crippen molar-refractivity contribution in [2.45, 2.75) is 38.0 Å². The maximum atomic E-state index is 13.1. The first-order chi connectivity index (χ1) is 15.3. The third kappa shape index (κ3) is 5.66. The fourth-order valence-electron chi connectivity index (χ4n) is 4.10. The lowest BCUT2D eigenvalue weighted by Crippen LogP contribution is -2.24. The van der Waals surface area contributed by atoms with Gasteiger partial charge in [0.25, 0.3) is 0 Å². The lowest BCUT2D eigenvalue weighted by atomic mass is 10.1. The molecular weight excluding hydrogens is 440 g/mol. The first-order valence-electron chi connectivity index (χ1n) is 10.4. The summed E-state index contributed by atoms with van der Waals surface area (Å²) < 4.78 is 33.8. The maximum Gasteiger partial charge on any atom is 0.333 e. The van der Waals surface area contributed by atoms with Gasteiger partial charge in [0.2, 0.25) is 5.78 Å². The van der Waals surface area contributed by atoms with Crippen LogP contribution in [0.4, 0.5) is 5.82 Å². The van der Waals surface area contributed by atoms with E-state index in [0.29, 0.717) is 37.7 Å². The molecule has 1 saturated heterocycles. The largest absolute Gasteiger partial charge is 0.393 e. The highest BCUT2D eigenvalue weighted by atomic mass is 32.2. The Bertz CT molecular complexity index is 1050. The van der Waals surface area contributed by atoms with Crippen LogP contribution in [0.5, 0.6) is 0 Å².